The Bertz CT molecular complexity index is 935. The average molecular weight is 501 g/mol. The van der Waals surface area contributed by atoms with Crippen LogP contribution in [-0.4, -0.2) is 28.6 Å². The van der Waals surface area contributed by atoms with Crippen molar-refractivity contribution in [1.29, 1.82) is 0 Å². The maximum absolute atomic E-state index is 12.9. The Hall–Kier alpha value is -0.900. The second-order valence-electron chi connectivity index (χ2n) is 16.2. The van der Waals surface area contributed by atoms with Crippen LogP contribution in [0, 0.1) is 62.1 Å². The normalized spacial score (nSPS) is 53.0. The van der Waals surface area contributed by atoms with Crippen LogP contribution in [0.3, 0.4) is 0 Å². The number of rotatable bonds is 2. The molecule has 0 amide bonds. The van der Waals surface area contributed by atoms with E-state index in [9.17, 15) is 19.8 Å². The predicted molar refractivity (Wildman–Crippen MR) is 142 cm³/mol. The number of ketones is 1. The molecule has 4 heteroatoms. The van der Waals surface area contributed by atoms with E-state index in [4.69, 9.17) is 0 Å². The molecule has 2 N–H and O–H groups in total. The van der Waals surface area contributed by atoms with Crippen LogP contribution in [0.2, 0.25) is 0 Å². The highest BCUT2D eigenvalue weighted by Crippen LogP contribution is 2.77. The lowest BCUT2D eigenvalue weighted by Crippen LogP contribution is -2.65. The summed E-state index contributed by atoms with van der Waals surface area (Å²) in [5.74, 6) is 1.85. The molecule has 10 atom stereocenters. The fraction of sp³-hybridized carbons (Fsp3) is 0.938. The van der Waals surface area contributed by atoms with Gasteiger partial charge in [0.05, 0.1) is 5.41 Å². The summed E-state index contributed by atoms with van der Waals surface area (Å²) in [4.78, 5) is 25.8. The Kier molecular flexibility index (Phi) is 5.97. The van der Waals surface area contributed by atoms with Gasteiger partial charge in [-0.15, -0.1) is 0 Å². The summed E-state index contributed by atoms with van der Waals surface area (Å²) in [6.45, 7) is 16.8. The highest BCUT2D eigenvalue weighted by molar-refractivity contribution is 5.79. The Balaban J connectivity index is 1.58. The molecule has 0 bridgehead atoms. The molecule has 0 aromatic rings. The Morgan fingerprint density at radius 3 is 2.19 bits per heavy atom. The van der Waals surface area contributed by atoms with E-state index in [0.29, 0.717) is 42.3 Å². The summed E-state index contributed by atoms with van der Waals surface area (Å²) in [7, 11) is 0. The first-order chi connectivity index (χ1) is 16.6. The van der Waals surface area contributed by atoms with Gasteiger partial charge in [-0.05, 0) is 109 Å². The molecule has 10 unspecified atom stereocenters. The molecule has 0 aliphatic heterocycles. The molecule has 0 radical (unpaired) electrons. The molecule has 5 rings (SSSR count). The number of fused-ring (bicyclic) bond motifs is 7. The number of aliphatic carboxylic acids is 1. The number of carbonyl (C=O) groups excluding carboxylic acids is 1. The fourth-order valence-corrected chi connectivity index (χ4v) is 12.0. The van der Waals surface area contributed by atoms with Gasteiger partial charge in [0, 0.05) is 24.9 Å². The summed E-state index contributed by atoms with van der Waals surface area (Å²) >= 11 is 0. The molecule has 5 aliphatic rings. The standard InChI is InChI=1S/C32H52O4/c1-27(2,3)21-11-15-32(26(35)36)17-16-30(6)22(25(21)32)8-9-24-29(5)13-10-20(34)18-28(4,19-33)23(29)12-14-31(24,30)7/h21-25,33H,8-19H2,1-7H3,(H,35,36). The largest absolute Gasteiger partial charge is 0.481 e. The third-order valence-electron chi connectivity index (χ3n) is 14.0. The number of hydrogen-bond donors (Lipinski definition) is 2. The summed E-state index contributed by atoms with van der Waals surface area (Å²) < 4.78 is 0. The summed E-state index contributed by atoms with van der Waals surface area (Å²) in [5.41, 5.74) is -0.448. The quantitative estimate of drug-likeness (QED) is 0.423. The molecule has 5 aliphatic carbocycles. The summed E-state index contributed by atoms with van der Waals surface area (Å²) in [6.07, 6.45) is 10.3. The zero-order valence-electron chi connectivity index (χ0n) is 24.1. The van der Waals surface area contributed by atoms with Gasteiger partial charge in [0.25, 0.3) is 0 Å². The van der Waals surface area contributed by atoms with Crippen LogP contribution in [-0.2, 0) is 9.59 Å². The van der Waals surface area contributed by atoms with Crippen LogP contribution in [0.1, 0.15) is 119 Å². The lowest BCUT2D eigenvalue weighted by atomic mass is 9.33. The van der Waals surface area contributed by atoms with Gasteiger partial charge in [-0.25, -0.2) is 0 Å². The monoisotopic (exact) mass is 500 g/mol. The molecular weight excluding hydrogens is 448 g/mol. The van der Waals surface area contributed by atoms with E-state index in [2.05, 4.69) is 48.5 Å². The van der Waals surface area contributed by atoms with Crippen molar-refractivity contribution in [1.82, 2.24) is 0 Å². The molecule has 204 valence electrons. The maximum atomic E-state index is 12.9. The highest BCUT2D eigenvalue weighted by atomic mass is 16.4. The van der Waals surface area contributed by atoms with Gasteiger partial charge < -0.3 is 10.2 Å². The summed E-state index contributed by atoms with van der Waals surface area (Å²) in [5, 5.41) is 21.2. The van der Waals surface area contributed by atoms with Gasteiger partial charge in [-0.1, -0.05) is 48.5 Å². The first kappa shape index (κ1) is 26.7. The van der Waals surface area contributed by atoms with E-state index >= 15 is 0 Å². The minimum absolute atomic E-state index is 0.0467. The van der Waals surface area contributed by atoms with Crippen molar-refractivity contribution in [3.8, 4) is 0 Å². The first-order valence-electron chi connectivity index (χ1n) is 15.0. The zero-order chi connectivity index (χ0) is 26.5. The average Bonchev–Trinajstić information content (AvgIpc) is 3.16. The fourth-order valence-electron chi connectivity index (χ4n) is 12.0. The molecule has 4 nitrogen and oxygen atoms in total. The van der Waals surface area contributed by atoms with Crippen LogP contribution < -0.4 is 0 Å². The smallest absolute Gasteiger partial charge is 0.309 e. The van der Waals surface area contributed by atoms with Gasteiger partial charge in [0.2, 0.25) is 0 Å². The SMILES string of the molecule is CC(C)(C)C1CCC2(C(=O)O)CCC3(C)C(CCC4C5(C)CCC(=O)CC(C)(CO)C5CCC43C)C12. The minimum Gasteiger partial charge on any atom is -0.481 e. The second-order valence-corrected chi connectivity index (χ2v) is 16.2. The number of Topliss-reactive ketones (excluding diaryl/α,β-unsaturated/α-hetero) is 1. The Morgan fingerprint density at radius 1 is 0.889 bits per heavy atom. The summed E-state index contributed by atoms with van der Waals surface area (Å²) in [6, 6.07) is 0. The van der Waals surface area contributed by atoms with Crippen molar-refractivity contribution in [2.24, 2.45) is 62.1 Å². The van der Waals surface area contributed by atoms with Crippen LogP contribution >= 0.6 is 0 Å². The maximum Gasteiger partial charge on any atom is 0.309 e. The molecule has 5 saturated carbocycles. The molecule has 0 saturated heterocycles. The van der Waals surface area contributed by atoms with Crippen molar-refractivity contribution in [3.63, 3.8) is 0 Å². The number of carbonyl (C=O) groups is 2. The van der Waals surface area contributed by atoms with Crippen LogP contribution in [0.25, 0.3) is 0 Å². The van der Waals surface area contributed by atoms with Crippen LogP contribution in [0.4, 0.5) is 0 Å². The first-order valence-corrected chi connectivity index (χ1v) is 15.0. The van der Waals surface area contributed by atoms with Gasteiger partial charge in [0.15, 0.2) is 0 Å². The van der Waals surface area contributed by atoms with Crippen molar-refractivity contribution in [2.75, 3.05) is 6.61 Å². The van der Waals surface area contributed by atoms with E-state index in [1.165, 1.54) is 0 Å². The van der Waals surface area contributed by atoms with E-state index in [1.54, 1.807) is 0 Å². The minimum atomic E-state index is -0.545. The molecule has 5 fully saturated rings. The number of aliphatic hydroxyl groups is 1. The Labute approximate surface area is 219 Å². The van der Waals surface area contributed by atoms with Crippen molar-refractivity contribution >= 4 is 11.8 Å². The van der Waals surface area contributed by atoms with Gasteiger partial charge in [0.1, 0.15) is 5.78 Å². The zero-order valence-corrected chi connectivity index (χ0v) is 24.1. The van der Waals surface area contributed by atoms with Crippen molar-refractivity contribution in [2.45, 2.75) is 119 Å². The number of aliphatic hydroxyl groups excluding tert-OH is 1. The van der Waals surface area contributed by atoms with E-state index < -0.39 is 11.4 Å². The van der Waals surface area contributed by atoms with Crippen LogP contribution in [0.5, 0.6) is 0 Å². The number of hydrogen-bond acceptors (Lipinski definition) is 3. The van der Waals surface area contributed by atoms with Gasteiger partial charge >= 0.3 is 5.97 Å². The van der Waals surface area contributed by atoms with E-state index in [0.717, 1.165) is 57.8 Å². The van der Waals surface area contributed by atoms with Gasteiger partial charge in [-0.3, -0.25) is 9.59 Å². The van der Waals surface area contributed by atoms with Crippen LogP contribution in [0.15, 0.2) is 0 Å². The molecule has 0 aromatic heterocycles. The van der Waals surface area contributed by atoms with E-state index in [-0.39, 0.29) is 39.6 Å². The molecule has 0 heterocycles. The molecule has 0 spiro atoms. The predicted octanol–water partition coefficient (Wildman–Crippen LogP) is 7.13. The topological polar surface area (TPSA) is 74.6 Å². The Morgan fingerprint density at radius 2 is 1.58 bits per heavy atom. The van der Waals surface area contributed by atoms with E-state index in [1.807, 2.05) is 0 Å². The van der Waals surface area contributed by atoms with Crippen molar-refractivity contribution in [3.05, 3.63) is 0 Å². The molecule has 36 heavy (non-hydrogen) atoms. The van der Waals surface area contributed by atoms with Crippen molar-refractivity contribution < 1.29 is 19.8 Å². The second kappa shape index (κ2) is 8.06. The molecule has 0 aromatic carbocycles. The number of carboxylic acid groups (broad SMARTS) is 1. The third-order valence-corrected chi connectivity index (χ3v) is 14.0. The third kappa shape index (κ3) is 3.27. The highest BCUT2D eigenvalue weighted by Gasteiger charge is 2.72. The number of carboxylic acids is 1. The lowest BCUT2D eigenvalue weighted by molar-refractivity contribution is -0.235. The van der Waals surface area contributed by atoms with Gasteiger partial charge in [-0.2, -0.15) is 0 Å². The molecular formula is C32H52O4. The lowest BCUT2D eigenvalue weighted by Gasteiger charge is -2.71.